The van der Waals surface area contributed by atoms with Gasteiger partial charge in [-0.05, 0) is 43.2 Å². The molecule has 0 saturated carbocycles. The van der Waals surface area contributed by atoms with E-state index in [0.29, 0.717) is 18.5 Å². The van der Waals surface area contributed by atoms with Crippen LogP contribution in [0.3, 0.4) is 0 Å². The molecule has 8 heteroatoms. The molecule has 0 atom stereocenters. The second kappa shape index (κ2) is 8.59. The molecule has 26 heavy (non-hydrogen) atoms. The SMILES string of the molecule is Cc1cccc(C(=O)OCC(=O)NCCc2ccc(S(N)(=O)=O)cc2)c1. The number of esters is 1. The second-order valence-electron chi connectivity index (χ2n) is 5.73. The molecule has 0 aromatic heterocycles. The highest BCUT2D eigenvalue weighted by Crippen LogP contribution is 2.09. The molecule has 1 amide bonds. The van der Waals surface area contributed by atoms with Crippen molar-refractivity contribution in [3.63, 3.8) is 0 Å². The first-order valence-corrected chi connectivity index (χ1v) is 9.42. The third-order valence-electron chi connectivity index (χ3n) is 3.58. The van der Waals surface area contributed by atoms with Crippen molar-refractivity contribution in [3.8, 4) is 0 Å². The van der Waals surface area contributed by atoms with Crippen LogP contribution < -0.4 is 10.5 Å². The first-order valence-electron chi connectivity index (χ1n) is 7.88. The number of hydrogen-bond donors (Lipinski definition) is 2. The van der Waals surface area contributed by atoms with Gasteiger partial charge in [0.1, 0.15) is 0 Å². The number of nitrogens with one attached hydrogen (secondary N) is 1. The van der Waals surface area contributed by atoms with Crippen LogP contribution in [-0.4, -0.2) is 33.4 Å². The summed E-state index contributed by atoms with van der Waals surface area (Å²) in [4.78, 5) is 23.6. The molecule has 0 spiro atoms. The zero-order chi connectivity index (χ0) is 19.2. The lowest BCUT2D eigenvalue weighted by Gasteiger charge is -2.07. The molecule has 3 N–H and O–H groups in total. The van der Waals surface area contributed by atoms with Crippen LogP contribution >= 0.6 is 0 Å². The molecule has 138 valence electrons. The van der Waals surface area contributed by atoms with Gasteiger partial charge in [-0.15, -0.1) is 0 Å². The van der Waals surface area contributed by atoms with Gasteiger partial charge in [0.15, 0.2) is 6.61 Å². The van der Waals surface area contributed by atoms with Gasteiger partial charge in [0, 0.05) is 6.54 Å². The highest BCUT2D eigenvalue weighted by molar-refractivity contribution is 7.89. The maximum atomic E-state index is 11.8. The van der Waals surface area contributed by atoms with Crippen LogP contribution in [0, 0.1) is 6.92 Å². The lowest BCUT2D eigenvalue weighted by atomic mass is 10.1. The van der Waals surface area contributed by atoms with Crippen LogP contribution in [0.15, 0.2) is 53.4 Å². The Morgan fingerprint density at radius 3 is 2.42 bits per heavy atom. The van der Waals surface area contributed by atoms with E-state index >= 15 is 0 Å². The summed E-state index contributed by atoms with van der Waals surface area (Å²) in [5, 5.41) is 7.66. The number of benzene rings is 2. The third kappa shape index (κ3) is 5.98. The zero-order valence-electron chi connectivity index (χ0n) is 14.3. The summed E-state index contributed by atoms with van der Waals surface area (Å²) in [6.07, 6.45) is 0.502. The predicted molar refractivity (Wildman–Crippen MR) is 96.0 cm³/mol. The molecule has 2 aromatic rings. The molecule has 0 unspecified atom stereocenters. The van der Waals surface area contributed by atoms with E-state index in [2.05, 4.69) is 5.32 Å². The number of aryl methyl sites for hydroxylation is 1. The molecule has 2 aromatic carbocycles. The average Bonchev–Trinajstić information content (AvgIpc) is 2.59. The fraction of sp³-hybridized carbons (Fsp3) is 0.222. The summed E-state index contributed by atoms with van der Waals surface area (Å²) in [5.41, 5.74) is 2.17. The monoisotopic (exact) mass is 376 g/mol. The maximum Gasteiger partial charge on any atom is 0.338 e. The lowest BCUT2D eigenvalue weighted by Crippen LogP contribution is -2.30. The quantitative estimate of drug-likeness (QED) is 0.704. The maximum absolute atomic E-state index is 11.8. The molecule has 0 radical (unpaired) electrons. The highest BCUT2D eigenvalue weighted by Gasteiger charge is 2.10. The van der Waals surface area contributed by atoms with E-state index in [9.17, 15) is 18.0 Å². The number of rotatable bonds is 7. The van der Waals surface area contributed by atoms with Gasteiger partial charge >= 0.3 is 5.97 Å². The van der Waals surface area contributed by atoms with E-state index < -0.39 is 21.9 Å². The largest absolute Gasteiger partial charge is 0.452 e. The Labute approximate surface area is 152 Å². The van der Waals surface area contributed by atoms with E-state index in [0.717, 1.165) is 11.1 Å². The zero-order valence-corrected chi connectivity index (χ0v) is 15.1. The van der Waals surface area contributed by atoms with E-state index in [4.69, 9.17) is 9.88 Å². The number of nitrogens with two attached hydrogens (primary N) is 1. The molecule has 0 aliphatic carbocycles. The van der Waals surface area contributed by atoms with Gasteiger partial charge in [-0.3, -0.25) is 4.79 Å². The van der Waals surface area contributed by atoms with Crippen molar-refractivity contribution in [2.45, 2.75) is 18.2 Å². The molecule has 7 nitrogen and oxygen atoms in total. The Balaban J connectivity index is 1.74. The molecule has 0 saturated heterocycles. The fourth-order valence-electron chi connectivity index (χ4n) is 2.23. The normalized spacial score (nSPS) is 11.0. The van der Waals surface area contributed by atoms with Crippen molar-refractivity contribution < 1.29 is 22.7 Å². The molecular weight excluding hydrogens is 356 g/mol. The van der Waals surface area contributed by atoms with Crippen molar-refractivity contribution >= 4 is 21.9 Å². The van der Waals surface area contributed by atoms with Crippen molar-refractivity contribution in [1.82, 2.24) is 5.32 Å². The molecule has 0 aliphatic heterocycles. The number of amides is 1. The van der Waals surface area contributed by atoms with Gasteiger partial charge in [-0.25, -0.2) is 18.4 Å². The number of carbonyl (C=O) groups excluding carboxylic acids is 2. The summed E-state index contributed by atoms with van der Waals surface area (Å²) >= 11 is 0. The van der Waals surface area contributed by atoms with Gasteiger partial charge in [0.05, 0.1) is 10.5 Å². The average molecular weight is 376 g/mol. The number of ether oxygens (including phenoxy) is 1. The van der Waals surface area contributed by atoms with Crippen LogP contribution in [0.4, 0.5) is 0 Å². The fourth-order valence-corrected chi connectivity index (χ4v) is 2.74. The number of hydrogen-bond acceptors (Lipinski definition) is 5. The minimum absolute atomic E-state index is 0.0355. The number of carbonyl (C=O) groups is 2. The Morgan fingerprint density at radius 1 is 1.12 bits per heavy atom. The Morgan fingerprint density at radius 2 is 1.81 bits per heavy atom. The Hall–Kier alpha value is -2.71. The number of sulfonamides is 1. The van der Waals surface area contributed by atoms with Crippen molar-refractivity contribution in [2.24, 2.45) is 5.14 Å². The Bertz CT molecular complexity index is 892. The second-order valence-corrected chi connectivity index (χ2v) is 7.30. The van der Waals surface area contributed by atoms with Gasteiger partial charge in [-0.2, -0.15) is 0 Å². The molecule has 0 fully saturated rings. The topological polar surface area (TPSA) is 116 Å². The van der Waals surface area contributed by atoms with E-state index in [1.54, 1.807) is 30.3 Å². The van der Waals surface area contributed by atoms with Crippen LogP contribution in [0.2, 0.25) is 0 Å². The van der Waals surface area contributed by atoms with Crippen molar-refractivity contribution in [2.75, 3.05) is 13.2 Å². The Kier molecular flexibility index (Phi) is 6.48. The first-order chi connectivity index (χ1) is 12.3. The van der Waals surface area contributed by atoms with E-state index in [-0.39, 0.29) is 11.5 Å². The molecule has 2 rings (SSSR count). The van der Waals surface area contributed by atoms with Crippen LogP contribution in [0.1, 0.15) is 21.5 Å². The van der Waals surface area contributed by atoms with Crippen molar-refractivity contribution in [3.05, 3.63) is 65.2 Å². The molecule has 0 heterocycles. The summed E-state index contributed by atoms with van der Waals surface area (Å²) < 4.78 is 27.3. The highest BCUT2D eigenvalue weighted by atomic mass is 32.2. The van der Waals surface area contributed by atoms with Crippen molar-refractivity contribution in [1.29, 1.82) is 0 Å². The van der Waals surface area contributed by atoms with E-state index in [1.807, 2.05) is 13.0 Å². The van der Waals surface area contributed by atoms with Crippen LogP contribution in [0.5, 0.6) is 0 Å². The summed E-state index contributed by atoms with van der Waals surface area (Å²) in [6.45, 7) is 1.83. The summed E-state index contributed by atoms with van der Waals surface area (Å²) in [6, 6.07) is 13.0. The van der Waals surface area contributed by atoms with Crippen LogP contribution in [-0.2, 0) is 26.0 Å². The molecule has 0 aliphatic rings. The van der Waals surface area contributed by atoms with E-state index in [1.165, 1.54) is 12.1 Å². The number of primary sulfonamides is 1. The predicted octanol–water partition coefficient (Wildman–Crippen LogP) is 1.16. The smallest absolute Gasteiger partial charge is 0.338 e. The van der Waals surface area contributed by atoms with Gasteiger partial charge in [-0.1, -0.05) is 29.8 Å². The standard InChI is InChI=1S/C18H20N2O5S/c1-13-3-2-4-15(11-13)18(22)25-12-17(21)20-10-9-14-5-7-16(8-6-14)26(19,23)24/h2-8,11H,9-10,12H2,1H3,(H,20,21)(H2,19,23,24). The minimum Gasteiger partial charge on any atom is -0.452 e. The lowest BCUT2D eigenvalue weighted by molar-refractivity contribution is -0.124. The minimum atomic E-state index is -3.71. The van der Waals surface area contributed by atoms with Gasteiger partial charge in [0.2, 0.25) is 10.0 Å². The molecule has 0 bridgehead atoms. The van der Waals surface area contributed by atoms with Gasteiger partial charge < -0.3 is 10.1 Å². The third-order valence-corrected chi connectivity index (χ3v) is 4.51. The van der Waals surface area contributed by atoms with Crippen LogP contribution in [0.25, 0.3) is 0 Å². The summed E-state index contributed by atoms with van der Waals surface area (Å²) in [7, 11) is -3.71. The molecular formula is C18H20N2O5S. The van der Waals surface area contributed by atoms with Gasteiger partial charge in [0.25, 0.3) is 5.91 Å². The first kappa shape index (κ1) is 19.6. The summed E-state index contributed by atoms with van der Waals surface area (Å²) in [5.74, 6) is -0.963.